The summed E-state index contributed by atoms with van der Waals surface area (Å²) < 4.78 is 0. The second-order valence-electron chi connectivity index (χ2n) is 3.40. The first-order valence-electron chi connectivity index (χ1n) is 4.81. The molecule has 4 nitrogen and oxygen atoms in total. The van der Waals surface area contributed by atoms with E-state index in [-0.39, 0.29) is 18.6 Å². The Hall–Kier alpha value is -0.910. The fourth-order valence-corrected chi connectivity index (χ4v) is 1.89. The van der Waals surface area contributed by atoms with Gasteiger partial charge in [0.25, 0.3) is 0 Å². The Bertz CT molecular complexity index is 325. The van der Waals surface area contributed by atoms with Crippen LogP contribution in [-0.4, -0.2) is 23.7 Å². The lowest BCUT2D eigenvalue weighted by molar-refractivity contribution is -0.114. The van der Waals surface area contributed by atoms with E-state index < -0.39 is 0 Å². The molecule has 15 heavy (non-hydrogen) atoms. The third kappa shape index (κ3) is 3.99. The molecule has 1 atom stereocenters. The molecule has 1 unspecified atom stereocenters. The summed E-state index contributed by atoms with van der Waals surface area (Å²) in [6.45, 7) is 4.17. The molecule has 0 saturated heterocycles. The standard InChI is InChI=1S/C10H16N2O2S/c1-7(6-13)11-5-10-9(3-4-15-10)12-8(2)14/h3-4,7,11,13H,5-6H2,1-2H3,(H,12,14). The molecule has 0 saturated carbocycles. The number of amides is 1. The molecule has 1 rings (SSSR count). The average Bonchev–Trinajstić information content (AvgIpc) is 2.61. The molecule has 1 aromatic rings. The number of nitrogens with one attached hydrogen (secondary N) is 2. The van der Waals surface area contributed by atoms with E-state index in [0.717, 1.165) is 10.6 Å². The van der Waals surface area contributed by atoms with Crippen molar-refractivity contribution in [3.8, 4) is 0 Å². The minimum atomic E-state index is -0.0649. The highest BCUT2D eigenvalue weighted by atomic mass is 32.1. The average molecular weight is 228 g/mol. The summed E-state index contributed by atoms with van der Waals surface area (Å²) in [4.78, 5) is 12.0. The van der Waals surface area contributed by atoms with Crippen LogP contribution < -0.4 is 10.6 Å². The highest BCUT2D eigenvalue weighted by molar-refractivity contribution is 7.10. The lowest BCUT2D eigenvalue weighted by Gasteiger charge is -2.10. The van der Waals surface area contributed by atoms with Gasteiger partial charge in [-0.25, -0.2) is 0 Å². The number of aliphatic hydroxyl groups excluding tert-OH is 1. The van der Waals surface area contributed by atoms with E-state index >= 15 is 0 Å². The quantitative estimate of drug-likeness (QED) is 0.709. The van der Waals surface area contributed by atoms with Crippen molar-refractivity contribution in [1.82, 2.24) is 5.32 Å². The van der Waals surface area contributed by atoms with Crippen molar-refractivity contribution in [1.29, 1.82) is 0 Å². The van der Waals surface area contributed by atoms with Crippen LogP contribution >= 0.6 is 11.3 Å². The minimum Gasteiger partial charge on any atom is -0.395 e. The summed E-state index contributed by atoms with van der Waals surface area (Å²) in [7, 11) is 0. The van der Waals surface area contributed by atoms with Gasteiger partial charge in [0.05, 0.1) is 12.3 Å². The normalized spacial score (nSPS) is 12.5. The van der Waals surface area contributed by atoms with Crippen molar-refractivity contribution < 1.29 is 9.90 Å². The van der Waals surface area contributed by atoms with Crippen LogP contribution in [0, 0.1) is 0 Å². The van der Waals surface area contributed by atoms with Gasteiger partial charge in [0.15, 0.2) is 0 Å². The van der Waals surface area contributed by atoms with Gasteiger partial charge < -0.3 is 15.7 Å². The molecule has 5 heteroatoms. The molecular weight excluding hydrogens is 212 g/mol. The molecule has 1 aromatic heterocycles. The van der Waals surface area contributed by atoms with Gasteiger partial charge in [-0.3, -0.25) is 4.79 Å². The summed E-state index contributed by atoms with van der Waals surface area (Å²) in [6.07, 6.45) is 0. The lowest BCUT2D eigenvalue weighted by atomic mass is 10.3. The summed E-state index contributed by atoms with van der Waals surface area (Å²) in [6, 6.07) is 1.95. The van der Waals surface area contributed by atoms with Crippen LogP contribution in [0.1, 0.15) is 18.7 Å². The molecule has 0 aliphatic rings. The first-order chi connectivity index (χ1) is 7.13. The van der Waals surface area contributed by atoms with Gasteiger partial charge in [-0.2, -0.15) is 0 Å². The van der Waals surface area contributed by atoms with E-state index in [4.69, 9.17) is 5.11 Å². The van der Waals surface area contributed by atoms with Crippen LogP contribution in [0.15, 0.2) is 11.4 Å². The topological polar surface area (TPSA) is 61.4 Å². The van der Waals surface area contributed by atoms with E-state index in [1.165, 1.54) is 6.92 Å². The van der Waals surface area contributed by atoms with Crippen LogP contribution in [0.25, 0.3) is 0 Å². The van der Waals surface area contributed by atoms with Crippen molar-refractivity contribution in [3.05, 3.63) is 16.3 Å². The second kappa shape index (κ2) is 5.85. The van der Waals surface area contributed by atoms with Crippen molar-refractivity contribution in [2.75, 3.05) is 11.9 Å². The van der Waals surface area contributed by atoms with Gasteiger partial charge in [0.1, 0.15) is 0 Å². The zero-order valence-electron chi connectivity index (χ0n) is 8.91. The number of hydrogen-bond donors (Lipinski definition) is 3. The number of hydrogen-bond acceptors (Lipinski definition) is 4. The van der Waals surface area contributed by atoms with Crippen LogP contribution in [0.4, 0.5) is 5.69 Å². The highest BCUT2D eigenvalue weighted by Crippen LogP contribution is 2.21. The van der Waals surface area contributed by atoms with E-state index in [0.29, 0.717) is 6.54 Å². The fraction of sp³-hybridized carbons (Fsp3) is 0.500. The summed E-state index contributed by atoms with van der Waals surface area (Å²) >= 11 is 1.59. The summed E-state index contributed by atoms with van der Waals surface area (Å²) in [5.41, 5.74) is 0.852. The number of aliphatic hydroxyl groups is 1. The zero-order chi connectivity index (χ0) is 11.3. The third-order valence-corrected chi connectivity index (χ3v) is 2.86. The minimum absolute atomic E-state index is 0.0649. The molecule has 0 fully saturated rings. The molecule has 3 N–H and O–H groups in total. The van der Waals surface area contributed by atoms with Crippen molar-refractivity contribution >= 4 is 22.9 Å². The molecule has 0 aromatic carbocycles. The predicted molar refractivity (Wildman–Crippen MR) is 62.0 cm³/mol. The van der Waals surface area contributed by atoms with E-state index in [1.54, 1.807) is 11.3 Å². The molecule has 1 heterocycles. The SMILES string of the molecule is CC(=O)Nc1ccsc1CNC(C)CO. The van der Waals surface area contributed by atoms with Gasteiger partial charge in [-0.1, -0.05) is 0 Å². The Labute approximate surface area is 93.3 Å². The van der Waals surface area contributed by atoms with Gasteiger partial charge in [-0.15, -0.1) is 11.3 Å². The molecule has 0 spiro atoms. The Balaban J connectivity index is 2.53. The lowest BCUT2D eigenvalue weighted by Crippen LogP contribution is -2.28. The van der Waals surface area contributed by atoms with Gasteiger partial charge in [0, 0.05) is 24.4 Å². The number of rotatable bonds is 5. The number of anilines is 1. The predicted octanol–water partition coefficient (Wildman–Crippen LogP) is 1.18. The molecular formula is C10H16N2O2S. The Kier molecular flexibility index (Phi) is 4.74. The molecule has 1 amide bonds. The molecule has 0 aliphatic heterocycles. The number of carbonyl (C=O) groups is 1. The van der Waals surface area contributed by atoms with E-state index in [2.05, 4.69) is 10.6 Å². The van der Waals surface area contributed by atoms with Crippen LogP contribution in [0.5, 0.6) is 0 Å². The van der Waals surface area contributed by atoms with Crippen molar-refractivity contribution in [2.45, 2.75) is 26.4 Å². The zero-order valence-corrected chi connectivity index (χ0v) is 9.73. The number of thiophene rings is 1. The molecule has 0 aliphatic carbocycles. The van der Waals surface area contributed by atoms with Gasteiger partial charge >= 0.3 is 0 Å². The van der Waals surface area contributed by atoms with Crippen LogP contribution in [0.3, 0.4) is 0 Å². The first-order valence-corrected chi connectivity index (χ1v) is 5.69. The van der Waals surface area contributed by atoms with E-state index in [9.17, 15) is 4.79 Å². The Morgan fingerprint density at radius 1 is 1.67 bits per heavy atom. The van der Waals surface area contributed by atoms with Crippen LogP contribution in [-0.2, 0) is 11.3 Å². The van der Waals surface area contributed by atoms with Crippen LogP contribution in [0.2, 0.25) is 0 Å². The smallest absolute Gasteiger partial charge is 0.221 e. The molecule has 0 bridgehead atoms. The maximum atomic E-state index is 10.9. The molecule has 0 radical (unpaired) electrons. The fourth-order valence-electron chi connectivity index (χ4n) is 1.11. The second-order valence-corrected chi connectivity index (χ2v) is 4.40. The first kappa shape index (κ1) is 12.2. The number of carbonyl (C=O) groups excluding carboxylic acids is 1. The van der Waals surface area contributed by atoms with Crippen molar-refractivity contribution in [3.63, 3.8) is 0 Å². The third-order valence-electron chi connectivity index (χ3n) is 1.94. The van der Waals surface area contributed by atoms with Gasteiger partial charge in [-0.05, 0) is 18.4 Å². The molecule has 84 valence electrons. The maximum absolute atomic E-state index is 10.9. The Morgan fingerprint density at radius 3 is 3.00 bits per heavy atom. The van der Waals surface area contributed by atoms with E-state index in [1.807, 2.05) is 18.4 Å². The largest absolute Gasteiger partial charge is 0.395 e. The maximum Gasteiger partial charge on any atom is 0.221 e. The monoisotopic (exact) mass is 228 g/mol. The summed E-state index contributed by atoms with van der Waals surface area (Å²) in [5, 5.41) is 16.7. The highest BCUT2D eigenvalue weighted by Gasteiger charge is 2.06. The van der Waals surface area contributed by atoms with Gasteiger partial charge in [0.2, 0.25) is 5.91 Å². The summed E-state index contributed by atoms with van der Waals surface area (Å²) in [5.74, 6) is -0.0649. The Morgan fingerprint density at radius 2 is 2.40 bits per heavy atom. The van der Waals surface area contributed by atoms with Crippen molar-refractivity contribution in [2.24, 2.45) is 0 Å².